The van der Waals surface area contributed by atoms with E-state index in [1.165, 1.54) is 16.9 Å². The Morgan fingerprint density at radius 1 is 1.35 bits per heavy atom. The van der Waals surface area contributed by atoms with Gasteiger partial charge in [-0.2, -0.15) is 11.8 Å². The number of benzene rings is 1. The predicted octanol–water partition coefficient (Wildman–Crippen LogP) is 2.92. The number of thioether (sulfide) groups is 1. The van der Waals surface area contributed by atoms with Gasteiger partial charge in [0.2, 0.25) is 0 Å². The lowest BCUT2D eigenvalue weighted by atomic mass is 10.1. The van der Waals surface area contributed by atoms with E-state index in [0.717, 1.165) is 19.0 Å². The zero-order valence-electron chi connectivity index (χ0n) is 11.0. The number of hydrogen-bond acceptors (Lipinski definition) is 3. The topological polar surface area (TPSA) is 21.3 Å². The van der Waals surface area contributed by atoms with Crippen LogP contribution in [0.3, 0.4) is 0 Å². The van der Waals surface area contributed by atoms with Crippen LogP contribution in [0.25, 0.3) is 0 Å². The first-order valence-corrected chi connectivity index (χ1v) is 7.42. The minimum atomic E-state index is 0.691. The first kappa shape index (κ1) is 14.6. The fourth-order valence-electron chi connectivity index (χ4n) is 1.80. The van der Waals surface area contributed by atoms with Crippen LogP contribution in [0.5, 0.6) is 0 Å². The van der Waals surface area contributed by atoms with E-state index in [1.807, 2.05) is 11.8 Å². The van der Waals surface area contributed by atoms with Gasteiger partial charge in [0.1, 0.15) is 0 Å². The molecule has 0 saturated carbocycles. The third kappa shape index (κ3) is 6.10. The molecule has 1 N–H and O–H groups in total. The molecule has 0 radical (unpaired) electrons. The van der Waals surface area contributed by atoms with Crippen LogP contribution in [-0.4, -0.2) is 25.7 Å². The lowest BCUT2D eigenvalue weighted by Crippen LogP contribution is -2.22. The van der Waals surface area contributed by atoms with Crippen LogP contribution in [0.1, 0.15) is 18.1 Å². The quantitative estimate of drug-likeness (QED) is 0.769. The largest absolute Gasteiger partial charge is 0.380 e. The Morgan fingerprint density at radius 2 is 2.12 bits per heavy atom. The Morgan fingerprint density at radius 3 is 2.82 bits per heavy atom. The second kappa shape index (κ2) is 8.56. The van der Waals surface area contributed by atoms with Gasteiger partial charge in [-0.3, -0.25) is 0 Å². The van der Waals surface area contributed by atoms with Crippen molar-refractivity contribution in [3.8, 4) is 0 Å². The Hall–Kier alpha value is -0.510. The molecule has 0 saturated heterocycles. The summed E-state index contributed by atoms with van der Waals surface area (Å²) in [6, 6.07) is 8.56. The molecule has 0 bridgehead atoms. The number of methoxy groups -OCH3 is 1. The number of nitrogens with one attached hydrogen (secondary N) is 1. The molecule has 0 aliphatic rings. The van der Waals surface area contributed by atoms with Crippen molar-refractivity contribution >= 4 is 11.8 Å². The van der Waals surface area contributed by atoms with E-state index >= 15 is 0 Å². The molecule has 1 aromatic carbocycles. The zero-order valence-corrected chi connectivity index (χ0v) is 11.8. The average molecular weight is 253 g/mol. The molecule has 17 heavy (non-hydrogen) atoms. The van der Waals surface area contributed by atoms with Gasteiger partial charge in [-0.1, -0.05) is 31.2 Å². The maximum absolute atomic E-state index is 5.13. The smallest absolute Gasteiger partial charge is 0.0713 e. The van der Waals surface area contributed by atoms with Crippen molar-refractivity contribution in [2.24, 2.45) is 5.92 Å². The summed E-state index contributed by atoms with van der Waals surface area (Å²) >= 11 is 1.91. The monoisotopic (exact) mass is 253 g/mol. The van der Waals surface area contributed by atoms with Gasteiger partial charge in [-0.25, -0.2) is 0 Å². The molecule has 0 spiro atoms. The minimum Gasteiger partial charge on any atom is -0.380 e. The summed E-state index contributed by atoms with van der Waals surface area (Å²) in [6.45, 7) is 4.99. The van der Waals surface area contributed by atoms with Gasteiger partial charge < -0.3 is 10.1 Å². The van der Waals surface area contributed by atoms with Crippen molar-refractivity contribution < 1.29 is 4.74 Å². The van der Waals surface area contributed by atoms with E-state index in [-0.39, 0.29) is 0 Å². The minimum absolute atomic E-state index is 0.691. The van der Waals surface area contributed by atoms with E-state index in [9.17, 15) is 0 Å². The summed E-state index contributed by atoms with van der Waals surface area (Å²) in [5, 5.41) is 3.50. The van der Waals surface area contributed by atoms with Gasteiger partial charge in [0.05, 0.1) is 6.61 Å². The zero-order chi connectivity index (χ0) is 12.5. The molecule has 0 aliphatic heterocycles. The maximum atomic E-state index is 5.13. The van der Waals surface area contributed by atoms with Crippen LogP contribution in [0.2, 0.25) is 0 Å². The molecule has 1 rings (SSSR count). The van der Waals surface area contributed by atoms with Crippen molar-refractivity contribution in [2.45, 2.75) is 20.1 Å². The van der Waals surface area contributed by atoms with Gasteiger partial charge in [-0.15, -0.1) is 0 Å². The standard InChI is InChI=1S/C14H23NOS/c1-12(11-17-3)8-15-9-13-5-4-6-14(7-13)10-16-2/h4-7,12,15H,8-11H2,1-3H3. The summed E-state index contributed by atoms with van der Waals surface area (Å²) in [7, 11) is 1.73. The van der Waals surface area contributed by atoms with Crippen LogP contribution >= 0.6 is 11.8 Å². The Balaban J connectivity index is 2.33. The van der Waals surface area contributed by atoms with Gasteiger partial charge in [0.15, 0.2) is 0 Å². The van der Waals surface area contributed by atoms with Crippen molar-refractivity contribution in [1.29, 1.82) is 0 Å². The van der Waals surface area contributed by atoms with Gasteiger partial charge in [0.25, 0.3) is 0 Å². The number of rotatable bonds is 8. The highest BCUT2D eigenvalue weighted by Gasteiger charge is 2.01. The molecule has 0 fully saturated rings. The van der Waals surface area contributed by atoms with E-state index in [1.54, 1.807) is 7.11 Å². The predicted molar refractivity (Wildman–Crippen MR) is 76.4 cm³/mol. The second-order valence-corrected chi connectivity index (χ2v) is 5.36. The summed E-state index contributed by atoms with van der Waals surface area (Å²) in [5.74, 6) is 1.95. The molecule has 1 aromatic rings. The molecule has 96 valence electrons. The van der Waals surface area contributed by atoms with Crippen molar-refractivity contribution in [3.63, 3.8) is 0 Å². The third-order valence-corrected chi connectivity index (χ3v) is 3.48. The average Bonchev–Trinajstić information content (AvgIpc) is 2.30. The van der Waals surface area contributed by atoms with Crippen LogP contribution in [0.15, 0.2) is 24.3 Å². The molecule has 2 nitrogen and oxygen atoms in total. The summed E-state index contributed by atoms with van der Waals surface area (Å²) in [4.78, 5) is 0. The SMILES string of the molecule is COCc1cccc(CNCC(C)CSC)c1. The summed E-state index contributed by atoms with van der Waals surface area (Å²) in [6.07, 6.45) is 2.16. The number of hydrogen-bond donors (Lipinski definition) is 1. The van der Waals surface area contributed by atoms with Gasteiger partial charge in [-0.05, 0) is 35.6 Å². The summed E-state index contributed by atoms with van der Waals surface area (Å²) in [5.41, 5.74) is 2.57. The molecular weight excluding hydrogens is 230 g/mol. The van der Waals surface area contributed by atoms with Crippen molar-refractivity contribution in [3.05, 3.63) is 35.4 Å². The second-order valence-electron chi connectivity index (χ2n) is 4.44. The molecular formula is C14H23NOS. The van der Waals surface area contributed by atoms with Crippen molar-refractivity contribution in [1.82, 2.24) is 5.32 Å². The van der Waals surface area contributed by atoms with E-state index in [0.29, 0.717) is 6.61 Å². The van der Waals surface area contributed by atoms with Crippen molar-refractivity contribution in [2.75, 3.05) is 25.7 Å². The van der Waals surface area contributed by atoms with E-state index in [4.69, 9.17) is 4.74 Å². The van der Waals surface area contributed by atoms with E-state index in [2.05, 4.69) is 42.8 Å². The van der Waals surface area contributed by atoms with E-state index < -0.39 is 0 Å². The molecule has 3 heteroatoms. The lowest BCUT2D eigenvalue weighted by molar-refractivity contribution is 0.185. The molecule has 1 unspecified atom stereocenters. The number of ether oxygens (including phenoxy) is 1. The summed E-state index contributed by atoms with van der Waals surface area (Å²) < 4.78 is 5.13. The highest BCUT2D eigenvalue weighted by atomic mass is 32.2. The molecule has 0 amide bonds. The van der Waals surface area contributed by atoms with Crippen LogP contribution in [-0.2, 0) is 17.9 Å². The highest BCUT2D eigenvalue weighted by molar-refractivity contribution is 7.98. The molecule has 0 aromatic heterocycles. The van der Waals surface area contributed by atoms with Gasteiger partial charge >= 0.3 is 0 Å². The molecule has 0 heterocycles. The van der Waals surface area contributed by atoms with Crippen LogP contribution in [0, 0.1) is 5.92 Å². The molecule has 0 aliphatic carbocycles. The Kier molecular flexibility index (Phi) is 7.33. The van der Waals surface area contributed by atoms with Crippen LogP contribution < -0.4 is 5.32 Å². The van der Waals surface area contributed by atoms with Crippen LogP contribution in [0.4, 0.5) is 0 Å². The highest BCUT2D eigenvalue weighted by Crippen LogP contribution is 2.07. The molecule has 1 atom stereocenters. The fraction of sp³-hybridized carbons (Fsp3) is 0.571. The first-order chi connectivity index (χ1) is 8.26. The fourth-order valence-corrected chi connectivity index (χ4v) is 2.49. The Bertz CT molecular complexity index is 317. The Labute approximate surface area is 109 Å². The lowest BCUT2D eigenvalue weighted by Gasteiger charge is -2.11. The maximum Gasteiger partial charge on any atom is 0.0713 e. The first-order valence-electron chi connectivity index (χ1n) is 6.02. The third-order valence-electron chi connectivity index (χ3n) is 2.58. The van der Waals surface area contributed by atoms with Gasteiger partial charge in [0, 0.05) is 13.7 Å². The normalized spacial score (nSPS) is 12.6.